The molecule has 2 rings (SSSR count). The molecule has 0 spiro atoms. The van der Waals surface area contributed by atoms with E-state index in [1.807, 2.05) is 0 Å². The van der Waals surface area contributed by atoms with Crippen LogP contribution in [0.2, 0.25) is 0 Å². The molecule has 12 nitrogen and oxygen atoms in total. The van der Waals surface area contributed by atoms with Crippen molar-refractivity contribution >= 4 is 23.9 Å². The Kier molecular flexibility index (Phi) is 8.74. The summed E-state index contributed by atoms with van der Waals surface area (Å²) in [5.74, 6) is -4.57. The highest BCUT2D eigenvalue weighted by molar-refractivity contribution is 5.73. The van der Waals surface area contributed by atoms with Crippen molar-refractivity contribution in [3.05, 3.63) is 0 Å². The number of aliphatic carboxylic acids is 4. The van der Waals surface area contributed by atoms with E-state index in [9.17, 15) is 39.6 Å². The molecular weight excluding hydrogens is 412 g/mol. The highest BCUT2D eigenvalue weighted by Gasteiger charge is 2.49. The Morgan fingerprint density at radius 3 is 1.55 bits per heavy atom. The van der Waals surface area contributed by atoms with E-state index < -0.39 is 42.5 Å². The van der Waals surface area contributed by atoms with E-state index in [1.165, 1.54) is 4.90 Å². The van der Waals surface area contributed by atoms with Crippen LogP contribution >= 0.6 is 0 Å². The van der Waals surface area contributed by atoms with Gasteiger partial charge < -0.3 is 26.2 Å². The summed E-state index contributed by atoms with van der Waals surface area (Å²) in [6.07, 6.45) is 3.31. The molecule has 0 aromatic rings. The lowest BCUT2D eigenvalue weighted by Gasteiger charge is -2.45. The second kappa shape index (κ2) is 10.8. The summed E-state index contributed by atoms with van der Waals surface area (Å²) in [6.45, 7) is -1.48. The lowest BCUT2D eigenvalue weighted by atomic mass is 9.88. The molecule has 1 aliphatic carbocycles. The van der Waals surface area contributed by atoms with Crippen LogP contribution in [0.5, 0.6) is 0 Å². The SMILES string of the molecule is NCCC1(N(CC(=O)O)CC(=O)O)CN(CC(=O)O)[C@H]2CCCC[C@@H]2N(CC(=O)O)C1. The number of carboxylic acids is 4. The summed E-state index contributed by atoms with van der Waals surface area (Å²) in [4.78, 5) is 51.2. The van der Waals surface area contributed by atoms with Crippen LogP contribution in [0.1, 0.15) is 32.1 Å². The number of carboxylic acid groups (broad SMARTS) is 4. The van der Waals surface area contributed by atoms with Crippen LogP contribution in [-0.4, -0.2) is 122 Å². The zero-order valence-electron chi connectivity index (χ0n) is 17.5. The van der Waals surface area contributed by atoms with E-state index >= 15 is 0 Å². The monoisotopic (exact) mass is 444 g/mol. The number of nitrogens with two attached hydrogens (primary N) is 1. The first-order valence-corrected chi connectivity index (χ1v) is 10.4. The van der Waals surface area contributed by atoms with E-state index in [-0.39, 0.29) is 51.2 Å². The average molecular weight is 444 g/mol. The van der Waals surface area contributed by atoms with Gasteiger partial charge in [-0.25, -0.2) is 0 Å². The standard InChI is InChI=1S/C19H32N4O8/c20-6-5-19(23(9-17(28)29)10-18(30)31)11-21(7-15(24)25)13-3-1-2-4-14(13)22(12-19)8-16(26)27/h13-14H,1-12,20H2,(H,24,25)(H,26,27)(H,28,29)(H,30,31)/t13-,14-/m0/s1. The molecule has 1 aliphatic heterocycles. The third-order valence-electron chi connectivity index (χ3n) is 6.24. The van der Waals surface area contributed by atoms with Crippen LogP contribution in [0.15, 0.2) is 0 Å². The van der Waals surface area contributed by atoms with Gasteiger partial charge in [0.05, 0.1) is 26.2 Å². The lowest BCUT2D eigenvalue weighted by Crippen LogP contribution is -2.63. The highest BCUT2D eigenvalue weighted by Crippen LogP contribution is 2.35. The molecule has 2 atom stereocenters. The second-order valence-electron chi connectivity index (χ2n) is 8.42. The summed E-state index contributed by atoms with van der Waals surface area (Å²) < 4.78 is 0. The Bertz CT molecular complexity index is 638. The van der Waals surface area contributed by atoms with Gasteiger partial charge in [-0.15, -0.1) is 0 Å². The Balaban J connectivity index is 2.58. The molecule has 0 bridgehead atoms. The first-order chi connectivity index (χ1) is 14.6. The molecule has 0 radical (unpaired) electrons. The number of rotatable bonds is 11. The van der Waals surface area contributed by atoms with Gasteiger partial charge in [-0.3, -0.25) is 33.9 Å². The van der Waals surface area contributed by atoms with E-state index in [2.05, 4.69) is 0 Å². The smallest absolute Gasteiger partial charge is 0.317 e. The number of hydrogen-bond donors (Lipinski definition) is 5. The molecule has 0 amide bonds. The predicted octanol–water partition coefficient (Wildman–Crippen LogP) is -1.36. The molecule has 12 heteroatoms. The van der Waals surface area contributed by atoms with Crippen LogP contribution in [0.3, 0.4) is 0 Å². The fourth-order valence-electron chi connectivity index (χ4n) is 5.18. The number of hydrogen-bond acceptors (Lipinski definition) is 8. The lowest BCUT2D eigenvalue weighted by molar-refractivity contribution is -0.148. The van der Waals surface area contributed by atoms with Gasteiger partial charge in [-0.2, -0.15) is 0 Å². The van der Waals surface area contributed by atoms with Crippen LogP contribution in [0, 0.1) is 0 Å². The molecule has 1 saturated carbocycles. The van der Waals surface area contributed by atoms with Crippen LogP contribution in [-0.2, 0) is 19.2 Å². The highest BCUT2D eigenvalue weighted by atomic mass is 16.4. The van der Waals surface area contributed by atoms with Crippen molar-refractivity contribution in [1.82, 2.24) is 14.7 Å². The van der Waals surface area contributed by atoms with Crippen molar-refractivity contribution in [2.45, 2.75) is 49.7 Å². The van der Waals surface area contributed by atoms with Gasteiger partial charge >= 0.3 is 23.9 Å². The molecule has 2 fully saturated rings. The van der Waals surface area contributed by atoms with E-state index in [0.717, 1.165) is 12.8 Å². The molecule has 31 heavy (non-hydrogen) atoms. The van der Waals surface area contributed by atoms with Gasteiger partial charge in [0.1, 0.15) is 0 Å². The van der Waals surface area contributed by atoms with Gasteiger partial charge in [0.25, 0.3) is 0 Å². The molecule has 0 aromatic carbocycles. The first-order valence-electron chi connectivity index (χ1n) is 10.4. The molecule has 1 saturated heterocycles. The minimum absolute atomic E-state index is 0.0916. The second-order valence-corrected chi connectivity index (χ2v) is 8.42. The van der Waals surface area contributed by atoms with Crippen molar-refractivity contribution in [2.24, 2.45) is 5.73 Å². The fourth-order valence-corrected chi connectivity index (χ4v) is 5.18. The third kappa shape index (κ3) is 6.60. The van der Waals surface area contributed by atoms with Crippen molar-refractivity contribution in [1.29, 1.82) is 0 Å². The van der Waals surface area contributed by atoms with E-state index in [4.69, 9.17) is 5.73 Å². The fraction of sp³-hybridized carbons (Fsp3) is 0.789. The molecule has 1 heterocycles. The van der Waals surface area contributed by atoms with Gasteiger partial charge in [0.15, 0.2) is 0 Å². The first kappa shape index (κ1) is 25.0. The van der Waals surface area contributed by atoms with Crippen LogP contribution < -0.4 is 5.73 Å². The van der Waals surface area contributed by atoms with Gasteiger partial charge in [0, 0.05) is 30.7 Å². The molecule has 0 unspecified atom stereocenters. The van der Waals surface area contributed by atoms with Gasteiger partial charge in [-0.05, 0) is 25.8 Å². The Morgan fingerprint density at radius 2 is 1.23 bits per heavy atom. The Hall–Kier alpha value is -2.28. The number of fused-ring (bicyclic) bond motifs is 1. The van der Waals surface area contributed by atoms with Crippen molar-refractivity contribution in [3.8, 4) is 0 Å². The van der Waals surface area contributed by atoms with Gasteiger partial charge in [0.2, 0.25) is 0 Å². The van der Waals surface area contributed by atoms with Crippen LogP contribution in [0.4, 0.5) is 0 Å². The van der Waals surface area contributed by atoms with E-state index in [1.54, 1.807) is 9.80 Å². The minimum Gasteiger partial charge on any atom is -0.480 e. The van der Waals surface area contributed by atoms with Crippen molar-refractivity contribution in [2.75, 3.05) is 45.8 Å². The summed E-state index contributed by atoms with van der Waals surface area (Å²) in [5, 5.41) is 37.9. The van der Waals surface area contributed by atoms with E-state index in [0.29, 0.717) is 12.8 Å². The normalized spacial score (nSPS) is 24.3. The summed E-state index contributed by atoms with van der Waals surface area (Å²) >= 11 is 0. The average Bonchev–Trinajstić information content (AvgIpc) is 2.76. The maximum Gasteiger partial charge on any atom is 0.317 e. The third-order valence-corrected chi connectivity index (χ3v) is 6.24. The Labute approximate surface area is 180 Å². The number of carbonyl (C=O) groups is 4. The predicted molar refractivity (Wildman–Crippen MR) is 108 cm³/mol. The minimum atomic E-state index is -1.23. The maximum absolute atomic E-state index is 11.6. The quantitative estimate of drug-likeness (QED) is 0.252. The maximum atomic E-state index is 11.6. The summed E-state index contributed by atoms with van der Waals surface area (Å²) in [6, 6.07) is -0.444. The molecule has 6 N–H and O–H groups in total. The zero-order chi connectivity index (χ0) is 23.2. The van der Waals surface area contributed by atoms with Crippen molar-refractivity contribution in [3.63, 3.8) is 0 Å². The Morgan fingerprint density at radius 1 is 0.806 bits per heavy atom. The largest absolute Gasteiger partial charge is 0.480 e. The van der Waals surface area contributed by atoms with Gasteiger partial charge in [-0.1, -0.05) is 12.8 Å². The number of nitrogens with zero attached hydrogens (tertiary/aromatic N) is 3. The molecular formula is C19H32N4O8. The van der Waals surface area contributed by atoms with Crippen molar-refractivity contribution < 1.29 is 39.6 Å². The molecule has 176 valence electrons. The molecule has 2 aliphatic rings. The molecule has 0 aromatic heterocycles. The summed E-state index contributed by atoms with van der Waals surface area (Å²) in [5.41, 5.74) is 4.71. The van der Waals surface area contributed by atoms with Crippen LogP contribution in [0.25, 0.3) is 0 Å². The zero-order valence-corrected chi connectivity index (χ0v) is 17.5. The summed E-state index contributed by atoms with van der Waals surface area (Å²) in [7, 11) is 0. The topological polar surface area (TPSA) is 185 Å².